The molecule has 5 heteroatoms. The lowest BCUT2D eigenvalue weighted by Gasteiger charge is -2.31. The van der Waals surface area contributed by atoms with Crippen LogP contribution < -0.4 is 0 Å². The molecule has 0 heterocycles. The lowest BCUT2D eigenvalue weighted by molar-refractivity contribution is 0.0565. The Balaban J connectivity index is 4.61. The Kier molecular flexibility index (Phi) is 11.5. The minimum Gasteiger partial charge on any atom is -0.373 e. The van der Waals surface area contributed by atoms with Gasteiger partial charge in [-0.2, -0.15) is 0 Å². The van der Waals surface area contributed by atoms with Gasteiger partial charge in [0.2, 0.25) is 0 Å². The quantitative estimate of drug-likeness (QED) is 0.401. The third kappa shape index (κ3) is 7.74. The molecule has 0 rings (SSSR count). The summed E-state index contributed by atoms with van der Waals surface area (Å²) in [5.74, 6) is 0.985. The van der Waals surface area contributed by atoms with Gasteiger partial charge in [0.1, 0.15) is 0 Å². The molecule has 0 aliphatic carbocycles. The van der Waals surface area contributed by atoms with Crippen LogP contribution in [0.5, 0.6) is 0 Å². The molecule has 110 valence electrons. The number of rotatable bonds is 12. The van der Waals surface area contributed by atoms with Gasteiger partial charge >= 0.3 is 8.80 Å². The molecule has 1 atom stereocenters. The number of hydrogen-bond donors (Lipinski definition) is 0. The first-order valence-electron chi connectivity index (χ1n) is 7.11. The summed E-state index contributed by atoms with van der Waals surface area (Å²) in [6, 6.07) is 0.816. The summed E-state index contributed by atoms with van der Waals surface area (Å²) in [6.45, 7) is 10.5. The summed E-state index contributed by atoms with van der Waals surface area (Å²) < 4.78 is 18.0. The first-order chi connectivity index (χ1) is 8.64. The van der Waals surface area contributed by atoms with Crippen molar-refractivity contribution in [3.63, 3.8) is 0 Å². The molecule has 0 N–H and O–H groups in total. The van der Waals surface area contributed by atoms with Gasteiger partial charge in [-0.05, 0) is 25.2 Å². The average molecular weight is 297 g/mol. The van der Waals surface area contributed by atoms with Gasteiger partial charge in [-0.25, -0.2) is 0 Å². The van der Waals surface area contributed by atoms with E-state index in [1.54, 1.807) is 0 Å². The van der Waals surface area contributed by atoms with Gasteiger partial charge in [-0.1, -0.05) is 27.7 Å². The summed E-state index contributed by atoms with van der Waals surface area (Å²) in [6.07, 6.45) is 2.94. The van der Waals surface area contributed by atoms with Gasteiger partial charge < -0.3 is 13.3 Å². The largest absolute Gasteiger partial charge is 0.501 e. The molecule has 0 aliphatic heterocycles. The smallest absolute Gasteiger partial charge is 0.373 e. The highest BCUT2D eigenvalue weighted by atomic mass is 35.5. The fraction of sp³-hybridized carbons (Fsp3) is 1.00. The predicted octanol–water partition coefficient (Wildman–Crippen LogP) is 4.08. The molecule has 0 saturated carbocycles. The normalized spacial score (nSPS) is 13.8. The zero-order valence-corrected chi connectivity index (χ0v) is 14.1. The summed E-state index contributed by atoms with van der Waals surface area (Å²) in [7, 11) is -2.53. The van der Waals surface area contributed by atoms with Crippen LogP contribution in [0.4, 0.5) is 0 Å². The molecule has 18 heavy (non-hydrogen) atoms. The molecule has 0 amide bonds. The minimum absolute atomic E-state index is 0.365. The molecular formula is C13H29ClO3Si. The van der Waals surface area contributed by atoms with Gasteiger partial charge in [0, 0.05) is 31.7 Å². The fourth-order valence-corrected chi connectivity index (χ4v) is 4.99. The topological polar surface area (TPSA) is 27.7 Å². The Morgan fingerprint density at radius 2 is 1.28 bits per heavy atom. The molecule has 3 nitrogen and oxygen atoms in total. The van der Waals surface area contributed by atoms with Crippen molar-refractivity contribution in [3.8, 4) is 0 Å². The third-order valence-electron chi connectivity index (χ3n) is 2.44. The highest BCUT2D eigenvalue weighted by Crippen LogP contribution is 2.23. The Morgan fingerprint density at radius 1 is 0.889 bits per heavy atom. The second kappa shape index (κ2) is 11.2. The zero-order chi connectivity index (χ0) is 13.9. The Labute approximate surface area is 119 Å². The van der Waals surface area contributed by atoms with Crippen LogP contribution in [-0.2, 0) is 13.3 Å². The van der Waals surface area contributed by atoms with Crippen molar-refractivity contribution in [1.82, 2.24) is 0 Å². The fourth-order valence-electron chi connectivity index (χ4n) is 1.56. The second-order valence-electron chi connectivity index (χ2n) is 4.69. The van der Waals surface area contributed by atoms with Crippen LogP contribution in [0, 0.1) is 5.92 Å². The van der Waals surface area contributed by atoms with E-state index in [4.69, 9.17) is 24.9 Å². The molecule has 0 spiro atoms. The standard InChI is InChI=1S/C13H29ClO3Si/c1-5-8-15-18(16-9-6-2,17-10-7-3)12-13(4)11-14/h13H,5-12H2,1-4H3. The summed E-state index contributed by atoms with van der Waals surface area (Å²) in [5, 5.41) is 0. The van der Waals surface area contributed by atoms with E-state index in [0.717, 1.165) is 25.3 Å². The SMILES string of the molecule is CCCO[Si](CC(C)CCl)(OCCC)OCCC. The van der Waals surface area contributed by atoms with E-state index in [-0.39, 0.29) is 0 Å². The van der Waals surface area contributed by atoms with E-state index in [2.05, 4.69) is 27.7 Å². The number of halogens is 1. The third-order valence-corrected chi connectivity index (χ3v) is 6.10. The lowest BCUT2D eigenvalue weighted by Crippen LogP contribution is -2.48. The molecule has 0 aromatic rings. The first-order valence-corrected chi connectivity index (χ1v) is 9.58. The predicted molar refractivity (Wildman–Crippen MR) is 79.2 cm³/mol. The Bertz CT molecular complexity index is 171. The average Bonchev–Trinajstić information content (AvgIpc) is 2.40. The van der Waals surface area contributed by atoms with Crippen molar-refractivity contribution in [2.24, 2.45) is 5.92 Å². The molecule has 0 aromatic carbocycles. The second-order valence-corrected chi connectivity index (χ2v) is 7.64. The maximum Gasteiger partial charge on any atom is 0.501 e. The number of alkyl halides is 1. The van der Waals surface area contributed by atoms with Crippen molar-refractivity contribution in [3.05, 3.63) is 0 Å². The minimum atomic E-state index is -2.53. The molecule has 0 aromatic heterocycles. The van der Waals surface area contributed by atoms with E-state index in [1.165, 1.54) is 0 Å². The summed E-state index contributed by atoms with van der Waals surface area (Å²) in [4.78, 5) is 0. The first kappa shape index (κ1) is 18.4. The van der Waals surface area contributed by atoms with Crippen LogP contribution in [0.2, 0.25) is 6.04 Å². The Morgan fingerprint density at radius 3 is 1.56 bits per heavy atom. The molecule has 0 bridgehead atoms. The van der Waals surface area contributed by atoms with Gasteiger partial charge in [0.15, 0.2) is 0 Å². The van der Waals surface area contributed by atoms with E-state index in [9.17, 15) is 0 Å². The maximum atomic E-state index is 5.99. The van der Waals surface area contributed by atoms with Crippen molar-refractivity contribution in [2.75, 3.05) is 25.7 Å². The van der Waals surface area contributed by atoms with Gasteiger partial charge in [-0.3, -0.25) is 0 Å². The zero-order valence-electron chi connectivity index (χ0n) is 12.3. The molecule has 0 radical (unpaired) electrons. The highest BCUT2D eigenvalue weighted by molar-refractivity contribution is 6.60. The van der Waals surface area contributed by atoms with Crippen molar-refractivity contribution < 1.29 is 13.3 Å². The van der Waals surface area contributed by atoms with E-state index >= 15 is 0 Å². The van der Waals surface area contributed by atoms with Crippen LogP contribution in [0.25, 0.3) is 0 Å². The molecule has 0 fully saturated rings. The van der Waals surface area contributed by atoms with Crippen molar-refractivity contribution >= 4 is 20.4 Å². The monoisotopic (exact) mass is 296 g/mol. The van der Waals surface area contributed by atoms with E-state index in [0.29, 0.717) is 31.6 Å². The maximum absolute atomic E-state index is 5.99. The Hall–Kier alpha value is 0.387. The van der Waals surface area contributed by atoms with Crippen molar-refractivity contribution in [2.45, 2.75) is 53.0 Å². The molecule has 1 unspecified atom stereocenters. The molecule has 0 aliphatic rings. The molecule has 0 saturated heterocycles. The number of hydrogen-bond acceptors (Lipinski definition) is 3. The molecular weight excluding hydrogens is 268 g/mol. The van der Waals surface area contributed by atoms with Crippen LogP contribution in [-0.4, -0.2) is 34.5 Å². The van der Waals surface area contributed by atoms with Crippen LogP contribution in [0.3, 0.4) is 0 Å². The van der Waals surface area contributed by atoms with E-state index < -0.39 is 8.80 Å². The van der Waals surface area contributed by atoms with E-state index in [1.807, 2.05) is 0 Å². The van der Waals surface area contributed by atoms with Gasteiger partial charge in [0.25, 0.3) is 0 Å². The van der Waals surface area contributed by atoms with Crippen LogP contribution >= 0.6 is 11.6 Å². The van der Waals surface area contributed by atoms with Crippen molar-refractivity contribution in [1.29, 1.82) is 0 Å². The van der Waals surface area contributed by atoms with Crippen LogP contribution in [0.1, 0.15) is 47.0 Å². The van der Waals surface area contributed by atoms with Crippen LogP contribution in [0.15, 0.2) is 0 Å². The van der Waals surface area contributed by atoms with Gasteiger partial charge in [-0.15, -0.1) is 11.6 Å². The summed E-state index contributed by atoms with van der Waals surface area (Å²) in [5.41, 5.74) is 0. The van der Waals surface area contributed by atoms with Gasteiger partial charge in [0.05, 0.1) is 0 Å². The lowest BCUT2D eigenvalue weighted by atomic mass is 10.3. The summed E-state index contributed by atoms with van der Waals surface area (Å²) >= 11 is 5.92. The highest BCUT2D eigenvalue weighted by Gasteiger charge is 2.42.